The second kappa shape index (κ2) is 4.03. The van der Waals surface area contributed by atoms with Crippen LogP contribution in [0.15, 0.2) is 12.4 Å². The number of nitrogens with one attached hydrogen (secondary N) is 1. The fraction of sp³-hybridized carbons (Fsp3) is 0.500. The molecule has 17 heavy (non-hydrogen) atoms. The summed E-state index contributed by atoms with van der Waals surface area (Å²) in [5, 5.41) is 7.12. The number of urea groups is 1. The summed E-state index contributed by atoms with van der Waals surface area (Å²) in [5.41, 5.74) is -0.821. The zero-order valence-electron chi connectivity index (χ0n) is 9.61. The summed E-state index contributed by atoms with van der Waals surface area (Å²) in [4.78, 5) is 24.6. The summed E-state index contributed by atoms with van der Waals surface area (Å²) < 4.78 is 1.59. The van der Waals surface area contributed by atoms with Crippen LogP contribution in [0.5, 0.6) is 0 Å². The molecule has 7 heteroatoms. The van der Waals surface area contributed by atoms with E-state index in [1.165, 1.54) is 11.1 Å². The first-order chi connectivity index (χ1) is 7.90. The largest absolute Gasteiger partial charge is 0.325 e. The molecule has 0 atom stereocenters. The Morgan fingerprint density at radius 1 is 1.41 bits per heavy atom. The third kappa shape index (κ3) is 2.26. The Morgan fingerprint density at radius 2 is 2.12 bits per heavy atom. The van der Waals surface area contributed by atoms with Crippen LogP contribution in [0.1, 0.15) is 13.8 Å². The van der Waals surface area contributed by atoms with Gasteiger partial charge in [0.1, 0.15) is 5.54 Å². The molecule has 2 rings (SSSR count). The molecule has 1 fully saturated rings. The summed E-state index contributed by atoms with van der Waals surface area (Å²) in [5.74, 6) is -0.222. The number of rotatable bonds is 3. The highest BCUT2D eigenvalue weighted by molar-refractivity contribution is 6.30. The predicted octanol–water partition coefficient (Wildman–Crippen LogP) is 0.867. The van der Waals surface area contributed by atoms with E-state index in [-0.39, 0.29) is 18.5 Å². The van der Waals surface area contributed by atoms with E-state index in [2.05, 4.69) is 10.4 Å². The fourth-order valence-corrected chi connectivity index (χ4v) is 1.84. The highest BCUT2D eigenvalue weighted by atomic mass is 35.5. The Balaban J connectivity index is 2.00. The number of nitrogens with zero attached hydrogens (tertiary/aromatic N) is 3. The lowest BCUT2D eigenvalue weighted by molar-refractivity contribution is -0.130. The predicted molar refractivity (Wildman–Crippen MR) is 61.6 cm³/mol. The van der Waals surface area contributed by atoms with Crippen molar-refractivity contribution in [2.75, 3.05) is 6.54 Å². The molecule has 0 unspecified atom stereocenters. The van der Waals surface area contributed by atoms with Crippen molar-refractivity contribution in [2.45, 2.75) is 25.9 Å². The van der Waals surface area contributed by atoms with Gasteiger partial charge in [-0.1, -0.05) is 11.6 Å². The number of carbonyl (C=O) groups excluding carboxylic acids is 2. The second-order valence-electron chi connectivity index (χ2n) is 4.43. The molecule has 0 radical (unpaired) electrons. The first-order valence-corrected chi connectivity index (χ1v) is 5.60. The standard InChI is InChI=1S/C10H13ClN4O2/c1-10(2)8(16)15(9(17)13-10)4-3-14-6-7(11)5-12-14/h5-6H,3-4H2,1-2H3,(H,13,17). The lowest BCUT2D eigenvalue weighted by atomic mass is 10.1. The van der Waals surface area contributed by atoms with E-state index < -0.39 is 5.54 Å². The first-order valence-electron chi connectivity index (χ1n) is 5.22. The van der Waals surface area contributed by atoms with E-state index in [0.29, 0.717) is 11.6 Å². The Kier molecular flexibility index (Phi) is 2.82. The molecule has 0 aromatic carbocycles. The fourth-order valence-electron chi connectivity index (χ4n) is 1.68. The number of halogens is 1. The maximum atomic E-state index is 11.9. The zero-order chi connectivity index (χ0) is 12.6. The minimum absolute atomic E-state index is 0.222. The molecular formula is C10H13ClN4O2. The maximum absolute atomic E-state index is 11.9. The number of imide groups is 1. The minimum atomic E-state index is -0.821. The van der Waals surface area contributed by atoms with E-state index in [0.717, 1.165) is 0 Å². The van der Waals surface area contributed by atoms with Crippen molar-refractivity contribution < 1.29 is 9.59 Å². The molecule has 1 saturated heterocycles. The summed E-state index contributed by atoms with van der Waals surface area (Å²) in [6, 6.07) is -0.363. The van der Waals surface area contributed by atoms with Gasteiger partial charge >= 0.3 is 6.03 Å². The van der Waals surface area contributed by atoms with Gasteiger partial charge in [0.15, 0.2) is 0 Å². The smallest absolute Gasteiger partial charge is 0.324 e. The van der Waals surface area contributed by atoms with Gasteiger partial charge in [-0.15, -0.1) is 0 Å². The van der Waals surface area contributed by atoms with Crippen LogP contribution in [-0.4, -0.2) is 38.7 Å². The zero-order valence-corrected chi connectivity index (χ0v) is 10.4. The van der Waals surface area contributed by atoms with Gasteiger partial charge in [0, 0.05) is 6.20 Å². The summed E-state index contributed by atoms with van der Waals surface area (Å²) >= 11 is 5.72. The summed E-state index contributed by atoms with van der Waals surface area (Å²) in [7, 11) is 0. The van der Waals surface area contributed by atoms with Crippen molar-refractivity contribution in [3.63, 3.8) is 0 Å². The quantitative estimate of drug-likeness (QED) is 0.816. The number of hydrogen-bond donors (Lipinski definition) is 1. The number of carbonyl (C=O) groups is 2. The third-order valence-corrected chi connectivity index (χ3v) is 2.79. The van der Waals surface area contributed by atoms with Gasteiger partial charge < -0.3 is 5.32 Å². The Bertz CT molecular complexity index is 469. The summed E-state index contributed by atoms with van der Waals surface area (Å²) in [6.07, 6.45) is 3.16. The van der Waals surface area contributed by atoms with Crippen LogP contribution in [0.4, 0.5) is 4.79 Å². The average Bonchev–Trinajstić information content (AvgIpc) is 2.70. The molecule has 0 aliphatic carbocycles. The SMILES string of the molecule is CC1(C)NC(=O)N(CCn2cc(Cl)cn2)C1=O. The Morgan fingerprint density at radius 3 is 2.59 bits per heavy atom. The van der Waals surface area contributed by atoms with E-state index in [4.69, 9.17) is 11.6 Å². The van der Waals surface area contributed by atoms with Crippen molar-refractivity contribution in [1.29, 1.82) is 0 Å². The van der Waals surface area contributed by atoms with Crippen molar-refractivity contribution in [1.82, 2.24) is 20.0 Å². The highest BCUT2D eigenvalue weighted by Crippen LogP contribution is 2.16. The molecule has 0 bridgehead atoms. The van der Waals surface area contributed by atoms with E-state index in [9.17, 15) is 9.59 Å². The summed E-state index contributed by atoms with van der Waals surface area (Å²) in [6.45, 7) is 4.07. The molecule has 1 aromatic heterocycles. The van der Waals surface area contributed by atoms with Crippen LogP contribution in [0.2, 0.25) is 5.02 Å². The number of hydrogen-bond acceptors (Lipinski definition) is 3. The van der Waals surface area contributed by atoms with Crippen molar-refractivity contribution in [2.24, 2.45) is 0 Å². The lowest BCUT2D eigenvalue weighted by Gasteiger charge is -2.15. The molecule has 1 aromatic rings. The van der Waals surface area contributed by atoms with Gasteiger partial charge in [0.25, 0.3) is 5.91 Å². The van der Waals surface area contributed by atoms with E-state index >= 15 is 0 Å². The number of amides is 3. The second-order valence-corrected chi connectivity index (χ2v) is 4.87. The van der Waals surface area contributed by atoms with Crippen LogP contribution < -0.4 is 5.32 Å². The lowest BCUT2D eigenvalue weighted by Crippen LogP contribution is -2.40. The molecule has 3 amide bonds. The van der Waals surface area contributed by atoms with Gasteiger partial charge in [0.2, 0.25) is 0 Å². The molecule has 1 aliphatic heterocycles. The van der Waals surface area contributed by atoms with Crippen molar-refractivity contribution >= 4 is 23.5 Å². The maximum Gasteiger partial charge on any atom is 0.325 e. The van der Waals surface area contributed by atoms with Gasteiger partial charge in [0.05, 0.1) is 24.3 Å². The monoisotopic (exact) mass is 256 g/mol. The van der Waals surface area contributed by atoms with Crippen molar-refractivity contribution in [3.05, 3.63) is 17.4 Å². The van der Waals surface area contributed by atoms with Gasteiger partial charge in [-0.05, 0) is 13.8 Å². The average molecular weight is 257 g/mol. The molecule has 1 N–H and O–H groups in total. The third-order valence-electron chi connectivity index (χ3n) is 2.60. The van der Waals surface area contributed by atoms with Crippen LogP contribution in [0.25, 0.3) is 0 Å². The normalized spacial score (nSPS) is 18.6. The van der Waals surface area contributed by atoms with Crippen LogP contribution in [0, 0.1) is 0 Å². The Labute approximate surface area is 104 Å². The number of aromatic nitrogens is 2. The molecule has 0 saturated carbocycles. The molecular weight excluding hydrogens is 244 g/mol. The van der Waals surface area contributed by atoms with Crippen LogP contribution in [-0.2, 0) is 11.3 Å². The van der Waals surface area contributed by atoms with Crippen LogP contribution in [0.3, 0.4) is 0 Å². The van der Waals surface area contributed by atoms with E-state index in [1.54, 1.807) is 24.7 Å². The molecule has 92 valence electrons. The van der Waals surface area contributed by atoms with Gasteiger partial charge in [-0.2, -0.15) is 5.10 Å². The molecule has 6 nitrogen and oxygen atoms in total. The van der Waals surface area contributed by atoms with E-state index in [1.807, 2.05) is 0 Å². The minimum Gasteiger partial charge on any atom is -0.324 e. The first kappa shape index (κ1) is 11.9. The topological polar surface area (TPSA) is 67.2 Å². The molecule has 2 heterocycles. The molecule has 0 spiro atoms. The Hall–Kier alpha value is -1.56. The van der Waals surface area contributed by atoms with Gasteiger partial charge in [-0.3, -0.25) is 14.4 Å². The van der Waals surface area contributed by atoms with Crippen LogP contribution >= 0.6 is 11.6 Å². The highest BCUT2D eigenvalue weighted by Gasteiger charge is 2.43. The molecule has 1 aliphatic rings. The van der Waals surface area contributed by atoms with Crippen molar-refractivity contribution in [3.8, 4) is 0 Å². The van der Waals surface area contributed by atoms with Gasteiger partial charge in [-0.25, -0.2) is 4.79 Å².